The third-order valence-electron chi connectivity index (χ3n) is 3.66. The molecule has 114 valence electrons. The molecule has 0 saturated heterocycles. The van der Waals surface area contributed by atoms with Gasteiger partial charge in [-0.3, -0.25) is 0 Å². The molecular formula is C15H19ClFN3O. The summed E-state index contributed by atoms with van der Waals surface area (Å²) in [4.78, 5) is 4.44. The molecule has 2 atom stereocenters. The molecule has 6 heteroatoms. The Bertz CT molecular complexity index is 602. The lowest BCUT2D eigenvalue weighted by Gasteiger charge is -2.17. The van der Waals surface area contributed by atoms with Crippen molar-refractivity contribution in [1.29, 1.82) is 0 Å². The van der Waals surface area contributed by atoms with E-state index in [0.717, 1.165) is 12.0 Å². The van der Waals surface area contributed by atoms with Crippen LogP contribution in [0.15, 0.2) is 22.7 Å². The highest BCUT2D eigenvalue weighted by Gasteiger charge is 2.22. The standard InChI is InChI=1S/C15H19ClFN3O/c1-4-12(9(2)18-3)15-19-14(20-21-15)7-10-5-6-11(17)8-13(10)16/h5-6,8-9,12,18H,4,7H2,1-3H3. The van der Waals surface area contributed by atoms with Crippen LogP contribution in [-0.2, 0) is 6.42 Å². The minimum Gasteiger partial charge on any atom is -0.339 e. The van der Waals surface area contributed by atoms with E-state index < -0.39 is 0 Å². The average Bonchev–Trinajstić information content (AvgIpc) is 2.91. The van der Waals surface area contributed by atoms with Crippen molar-refractivity contribution in [3.8, 4) is 0 Å². The maximum absolute atomic E-state index is 13.0. The zero-order valence-corrected chi connectivity index (χ0v) is 13.1. The first kappa shape index (κ1) is 15.9. The Morgan fingerprint density at radius 2 is 2.19 bits per heavy atom. The van der Waals surface area contributed by atoms with Crippen molar-refractivity contribution in [3.63, 3.8) is 0 Å². The lowest BCUT2D eigenvalue weighted by Crippen LogP contribution is -2.28. The first-order valence-corrected chi connectivity index (χ1v) is 7.36. The number of halogens is 2. The lowest BCUT2D eigenvalue weighted by atomic mass is 9.98. The summed E-state index contributed by atoms with van der Waals surface area (Å²) in [5.41, 5.74) is 0.778. The Kier molecular flexibility index (Phi) is 5.31. The van der Waals surface area contributed by atoms with E-state index in [4.69, 9.17) is 16.1 Å². The van der Waals surface area contributed by atoms with Crippen molar-refractivity contribution in [2.45, 2.75) is 38.6 Å². The van der Waals surface area contributed by atoms with Gasteiger partial charge in [0.1, 0.15) is 5.82 Å². The Labute approximate surface area is 128 Å². The van der Waals surface area contributed by atoms with E-state index in [-0.39, 0.29) is 17.8 Å². The Morgan fingerprint density at radius 3 is 2.81 bits per heavy atom. The van der Waals surface area contributed by atoms with E-state index in [1.165, 1.54) is 12.1 Å². The average molecular weight is 312 g/mol. The number of nitrogens with one attached hydrogen (secondary N) is 1. The summed E-state index contributed by atoms with van der Waals surface area (Å²) < 4.78 is 18.4. The van der Waals surface area contributed by atoms with Crippen molar-refractivity contribution >= 4 is 11.6 Å². The molecule has 0 amide bonds. The molecule has 1 aromatic carbocycles. The molecule has 2 aromatic rings. The molecule has 0 aliphatic carbocycles. The SMILES string of the molecule is CCC(c1nc(Cc2ccc(F)cc2Cl)no1)C(C)NC. The largest absolute Gasteiger partial charge is 0.339 e. The first-order valence-electron chi connectivity index (χ1n) is 6.98. The van der Waals surface area contributed by atoms with Crippen molar-refractivity contribution in [2.24, 2.45) is 0 Å². The number of benzene rings is 1. The van der Waals surface area contributed by atoms with Gasteiger partial charge >= 0.3 is 0 Å². The summed E-state index contributed by atoms with van der Waals surface area (Å²) in [6.07, 6.45) is 1.33. The monoisotopic (exact) mass is 311 g/mol. The van der Waals surface area contributed by atoms with Crippen molar-refractivity contribution < 1.29 is 8.91 Å². The number of rotatable bonds is 6. The van der Waals surface area contributed by atoms with Crippen molar-refractivity contribution in [2.75, 3.05) is 7.05 Å². The van der Waals surface area contributed by atoms with E-state index in [1.807, 2.05) is 7.05 Å². The molecule has 0 saturated carbocycles. The zero-order chi connectivity index (χ0) is 15.4. The molecule has 1 heterocycles. The topological polar surface area (TPSA) is 51.0 Å². The van der Waals surface area contributed by atoms with Crippen molar-refractivity contribution in [3.05, 3.63) is 46.3 Å². The van der Waals surface area contributed by atoms with Crippen molar-refractivity contribution in [1.82, 2.24) is 15.5 Å². The molecule has 4 nitrogen and oxygen atoms in total. The minimum absolute atomic E-state index is 0.167. The van der Waals surface area contributed by atoms with Gasteiger partial charge in [0.15, 0.2) is 5.82 Å². The van der Waals surface area contributed by atoms with Gasteiger partial charge in [0, 0.05) is 17.5 Å². The molecule has 2 rings (SSSR count). The number of hydrogen-bond donors (Lipinski definition) is 1. The van der Waals surface area contributed by atoms with Crippen LogP contribution in [0.2, 0.25) is 5.02 Å². The fourth-order valence-electron chi connectivity index (χ4n) is 2.27. The van der Waals surface area contributed by atoms with Crippen LogP contribution < -0.4 is 5.32 Å². The molecular weight excluding hydrogens is 293 g/mol. The van der Waals surface area contributed by atoms with Crippen LogP contribution in [0.3, 0.4) is 0 Å². The van der Waals surface area contributed by atoms with Crippen LogP contribution in [0.4, 0.5) is 4.39 Å². The molecule has 0 aliphatic rings. The predicted molar refractivity (Wildman–Crippen MR) is 80.1 cm³/mol. The number of aromatic nitrogens is 2. The minimum atomic E-state index is -0.355. The van der Waals surface area contributed by atoms with E-state index in [9.17, 15) is 4.39 Å². The second-order valence-electron chi connectivity index (χ2n) is 5.05. The highest BCUT2D eigenvalue weighted by molar-refractivity contribution is 6.31. The maximum atomic E-state index is 13.0. The second kappa shape index (κ2) is 7.00. The Morgan fingerprint density at radius 1 is 1.43 bits per heavy atom. The van der Waals surface area contributed by atoms with Crippen LogP contribution in [0.25, 0.3) is 0 Å². The van der Waals surface area contributed by atoms with Gasteiger partial charge in [-0.2, -0.15) is 4.98 Å². The third kappa shape index (κ3) is 3.80. The summed E-state index contributed by atoms with van der Waals surface area (Å²) in [6.45, 7) is 4.16. The number of likely N-dealkylation sites (N-methyl/N-ethyl adjacent to an activating group) is 1. The highest BCUT2D eigenvalue weighted by atomic mass is 35.5. The Balaban J connectivity index is 2.16. The lowest BCUT2D eigenvalue weighted by molar-refractivity contribution is 0.320. The summed E-state index contributed by atoms with van der Waals surface area (Å²) in [5.74, 6) is 0.985. The summed E-state index contributed by atoms with van der Waals surface area (Å²) >= 11 is 6.01. The smallest absolute Gasteiger partial charge is 0.231 e. The first-order chi connectivity index (χ1) is 10.0. The molecule has 0 aliphatic heterocycles. The van der Waals surface area contributed by atoms with Gasteiger partial charge in [-0.1, -0.05) is 29.7 Å². The molecule has 0 spiro atoms. The fourth-order valence-corrected chi connectivity index (χ4v) is 2.50. The fraction of sp³-hybridized carbons (Fsp3) is 0.467. The quantitative estimate of drug-likeness (QED) is 0.886. The van der Waals surface area contributed by atoms with E-state index in [1.54, 1.807) is 6.07 Å². The molecule has 0 radical (unpaired) electrons. The van der Waals surface area contributed by atoms with Crippen LogP contribution in [0.5, 0.6) is 0 Å². The van der Waals surface area contributed by atoms with E-state index in [0.29, 0.717) is 23.2 Å². The van der Waals surface area contributed by atoms with Crippen LogP contribution in [0.1, 0.15) is 43.5 Å². The Hall–Kier alpha value is -1.46. The summed E-state index contributed by atoms with van der Waals surface area (Å²) in [5, 5.41) is 7.56. The van der Waals surface area contributed by atoms with Gasteiger partial charge in [-0.05, 0) is 38.1 Å². The van der Waals surface area contributed by atoms with Gasteiger partial charge in [-0.15, -0.1) is 0 Å². The molecule has 0 bridgehead atoms. The maximum Gasteiger partial charge on any atom is 0.231 e. The molecule has 1 N–H and O–H groups in total. The highest BCUT2D eigenvalue weighted by Crippen LogP contribution is 2.23. The normalized spacial score (nSPS) is 14.1. The van der Waals surface area contributed by atoms with Crippen LogP contribution in [0, 0.1) is 5.82 Å². The predicted octanol–water partition coefficient (Wildman–Crippen LogP) is 3.55. The third-order valence-corrected chi connectivity index (χ3v) is 4.02. The summed E-state index contributed by atoms with van der Waals surface area (Å²) in [7, 11) is 1.91. The summed E-state index contributed by atoms with van der Waals surface area (Å²) in [6, 6.07) is 4.55. The molecule has 2 unspecified atom stereocenters. The van der Waals surface area contributed by atoms with Gasteiger partial charge in [0.05, 0.1) is 5.92 Å². The number of hydrogen-bond acceptors (Lipinski definition) is 4. The van der Waals surface area contributed by atoms with Crippen LogP contribution >= 0.6 is 11.6 Å². The van der Waals surface area contributed by atoms with Gasteiger partial charge < -0.3 is 9.84 Å². The van der Waals surface area contributed by atoms with E-state index in [2.05, 4.69) is 29.3 Å². The van der Waals surface area contributed by atoms with Crippen LogP contribution in [-0.4, -0.2) is 23.2 Å². The zero-order valence-electron chi connectivity index (χ0n) is 12.4. The van der Waals surface area contributed by atoms with Gasteiger partial charge in [0.2, 0.25) is 5.89 Å². The number of nitrogens with zero attached hydrogens (tertiary/aromatic N) is 2. The molecule has 0 fully saturated rings. The van der Waals surface area contributed by atoms with E-state index >= 15 is 0 Å². The van der Waals surface area contributed by atoms with Gasteiger partial charge in [-0.25, -0.2) is 4.39 Å². The molecule has 21 heavy (non-hydrogen) atoms. The molecule has 1 aromatic heterocycles. The van der Waals surface area contributed by atoms with Gasteiger partial charge in [0.25, 0.3) is 0 Å². The second-order valence-corrected chi connectivity index (χ2v) is 5.46.